The molecule has 21 heavy (non-hydrogen) atoms. The fraction of sp³-hybridized carbons (Fsp3) is 0.368. The predicted octanol–water partition coefficient (Wildman–Crippen LogP) is 4.82. The first-order valence-electron chi connectivity index (χ1n) is 7.80. The van der Waals surface area contributed by atoms with Crippen LogP contribution in [0.5, 0.6) is 0 Å². The van der Waals surface area contributed by atoms with Gasteiger partial charge in [-0.05, 0) is 43.7 Å². The molecule has 2 aromatic rings. The van der Waals surface area contributed by atoms with Crippen LogP contribution in [0.2, 0.25) is 0 Å². The van der Waals surface area contributed by atoms with Gasteiger partial charge in [-0.25, -0.2) is 0 Å². The van der Waals surface area contributed by atoms with Crippen LogP contribution in [0.25, 0.3) is 0 Å². The molecular formula is C19H26N2. The van der Waals surface area contributed by atoms with E-state index in [9.17, 15) is 0 Å². The minimum atomic E-state index is 0.402. The molecule has 2 aromatic carbocycles. The number of aryl methyl sites for hydroxylation is 1. The largest absolute Gasteiger partial charge is 0.344 e. The third kappa shape index (κ3) is 3.64. The number of hydrogen-bond acceptors (Lipinski definition) is 2. The first kappa shape index (κ1) is 15.6. The normalized spacial score (nSPS) is 12.2. The summed E-state index contributed by atoms with van der Waals surface area (Å²) in [7, 11) is 2.14. The van der Waals surface area contributed by atoms with Gasteiger partial charge in [0, 0.05) is 24.5 Å². The fourth-order valence-electron chi connectivity index (χ4n) is 2.72. The van der Waals surface area contributed by atoms with Crippen molar-refractivity contribution in [1.82, 2.24) is 5.32 Å². The van der Waals surface area contributed by atoms with E-state index in [1.807, 2.05) is 0 Å². The minimum Gasteiger partial charge on any atom is -0.344 e. The third-order valence-corrected chi connectivity index (χ3v) is 3.95. The Morgan fingerprint density at radius 1 is 1.00 bits per heavy atom. The predicted molar refractivity (Wildman–Crippen MR) is 92.4 cm³/mol. The summed E-state index contributed by atoms with van der Waals surface area (Å²) in [5.74, 6) is 0. The highest BCUT2D eigenvalue weighted by atomic mass is 15.1. The summed E-state index contributed by atoms with van der Waals surface area (Å²) in [5.41, 5.74) is 5.15. The van der Waals surface area contributed by atoms with E-state index in [1.165, 1.54) is 22.5 Å². The first-order valence-corrected chi connectivity index (χ1v) is 7.80. The van der Waals surface area contributed by atoms with Gasteiger partial charge in [0.2, 0.25) is 0 Å². The molecule has 1 unspecified atom stereocenters. The molecule has 2 heteroatoms. The molecule has 0 aliphatic rings. The number of benzene rings is 2. The summed E-state index contributed by atoms with van der Waals surface area (Å²) in [5, 5.41) is 3.58. The molecule has 2 rings (SSSR count). The van der Waals surface area contributed by atoms with Crippen molar-refractivity contribution in [3.05, 3.63) is 59.7 Å². The van der Waals surface area contributed by atoms with Gasteiger partial charge in [-0.1, -0.05) is 49.7 Å². The number of nitrogens with one attached hydrogen (secondary N) is 1. The second-order valence-electron chi connectivity index (χ2n) is 5.47. The molecular weight excluding hydrogens is 256 g/mol. The molecule has 0 amide bonds. The molecule has 1 atom stereocenters. The van der Waals surface area contributed by atoms with Crippen LogP contribution >= 0.6 is 0 Å². The maximum absolute atomic E-state index is 3.58. The number of anilines is 2. The molecule has 0 aliphatic heterocycles. The molecule has 0 aromatic heterocycles. The van der Waals surface area contributed by atoms with E-state index in [2.05, 4.69) is 86.6 Å². The highest BCUT2D eigenvalue weighted by Crippen LogP contribution is 2.32. The van der Waals surface area contributed by atoms with E-state index in [0.29, 0.717) is 6.04 Å². The number of nitrogens with zero attached hydrogens (tertiary/aromatic N) is 1. The summed E-state index contributed by atoms with van der Waals surface area (Å²) < 4.78 is 0. The van der Waals surface area contributed by atoms with Crippen molar-refractivity contribution in [1.29, 1.82) is 0 Å². The molecule has 1 N–H and O–H groups in total. The minimum absolute atomic E-state index is 0.402. The van der Waals surface area contributed by atoms with Crippen molar-refractivity contribution >= 4 is 11.4 Å². The lowest BCUT2D eigenvalue weighted by molar-refractivity contribution is 0.538. The first-order chi connectivity index (χ1) is 10.2. The lowest BCUT2D eigenvalue weighted by Gasteiger charge is -2.27. The van der Waals surface area contributed by atoms with Gasteiger partial charge in [0.15, 0.2) is 0 Å². The molecule has 0 bridgehead atoms. The average Bonchev–Trinajstić information content (AvgIpc) is 2.53. The van der Waals surface area contributed by atoms with Crippen LogP contribution in [0.15, 0.2) is 48.5 Å². The van der Waals surface area contributed by atoms with Crippen LogP contribution in [0.1, 0.15) is 37.4 Å². The Morgan fingerprint density at radius 3 is 2.29 bits per heavy atom. The second-order valence-corrected chi connectivity index (χ2v) is 5.47. The molecule has 0 aliphatic carbocycles. The van der Waals surface area contributed by atoms with E-state index in [0.717, 1.165) is 13.0 Å². The fourth-order valence-corrected chi connectivity index (χ4v) is 2.72. The second kappa shape index (κ2) is 7.28. The Morgan fingerprint density at radius 2 is 1.67 bits per heavy atom. The molecule has 2 nitrogen and oxygen atoms in total. The van der Waals surface area contributed by atoms with Gasteiger partial charge in [0.05, 0.1) is 0 Å². The van der Waals surface area contributed by atoms with Gasteiger partial charge in [-0.15, -0.1) is 0 Å². The zero-order chi connectivity index (χ0) is 15.2. The van der Waals surface area contributed by atoms with E-state index < -0.39 is 0 Å². The van der Waals surface area contributed by atoms with E-state index in [4.69, 9.17) is 0 Å². The summed E-state index contributed by atoms with van der Waals surface area (Å²) >= 11 is 0. The third-order valence-electron chi connectivity index (χ3n) is 3.95. The van der Waals surface area contributed by atoms with Gasteiger partial charge < -0.3 is 10.2 Å². The van der Waals surface area contributed by atoms with Crippen LogP contribution in [-0.4, -0.2) is 13.6 Å². The van der Waals surface area contributed by atoms with Crippen LogP contribution in [0.3, 0.4) is 0 Å². The maximum Gasteiger partial charge on any atom is 0.0456 e. The van der Waals surface area contributed by atoms with Gasteiger partial charge in [0.1, 0.15) is 0 Å². The van der Waals surface area contributed by atoms with Gasteiger partial charge >= 0.3 is 0 Å². The lowest BCUT2D eigenvalue weighted by Crippen LogP contribution is -2.22. The van der Waals surface area contributed by atoms with Crippen molar-refractivity contribution in [3.8, 4) is 0 Å². The van der Waals surface area contributed by atoms with Gasteiger partial charge in [-0.2, -0.15) is 0 Å². The standard InChI is InChI=1S/C19H26N2/c1-5-18(20-6-2)17-9-7-8-10-19(17)21(4)16-13-11-15(3)12-14-16/h7-14,18,20H,5-6H2,1-4H3. The van der Waals surface area contributed by atoms with Crippen LogP contribution < -0.4 is 10.2 Å². The van der Waals surface area contributed by atoms with Crippen molar-refractivity contribution in [2.24, 2.45) is 0 Å². The molecule has 0 radical (unpaired) electrons. The van der Waals surface area contributed by atoms with Gasteiger partial charge in [-0.3, -0.25) is 0 Å². The molecule has 112 valence electrons. The van der Waals surface area contributed by atoms with Crippen LogP contribution in [0.4, 0.5) is 11.4 Å². The molecule has 0 fully saturated rings. The van der Waals surface area contributed by atoms with E-state index >= 15 is 0 Å². The zero-order valence-corrected chi connectivity index (χ0v) is 13.6. The van der Waals surface area contributed by atoms with Gasteiger partial charge in [0.25, 0.3) is 0 Å². The summed E-state index contributed by atoms with van der Waals surface area (Å²) in [4.78, 5) is 2.27. The maximum atomic E-state index is 3.58. The Hall–Kier alpha value is -1.80. The molecule has 0 heterocycles. The number of hydrogen-bond donors (Lipinski definition) is 1. The SMILES string of the molecule is CCNC(CC)c1ccccc1N(C)c1ccc(C)cc1. The van der Waals surface area contributed by atoms with Crippen molar-refractivity contribution in [2.75, 3.05) is 18.5 Å². The Kier molecular flexibility index (Phi) is 5.40. The highest BCUT2D eigenvalue weighted by Gasteiger charge is 2.15. The topological polar surface area (TPSA) is 15.3 Å². The average molecular weight is 282 g/mol. The van der Waals surface area contributed by atoms with Crippen molar-refractivity contribution < 1.29 is 0 Å². The molecule has 0 spiro atoms. The van der Waals surface area contributed by atoms with Crippen molar-refractivity contribution in [3.63, 3.8) is 0 Å². The quantitative estimate of drug-likeness (QED) is 0.817. The highest BCUT2D eigenvalue weighted by molar-refractivity contribution is 5.66. The zero-order valence-electron chi connectivity index (χ0n) is 13.6. The Balaban J connectivity index is 2.36. The molecule has 0 saturated carbocycles. The molecule has 0 saturated heterocycles. The summed E-state index contributed by atoms with van der Waals surface area (Å²) in [6.07, 6.45) is 1.09. The smallest absolute Gasteiger partial charge is 0.0456 e. The monoisotopic (exact) mass is 282 g/mol. The number of para-hydroxylation sites is 1. The summed E-state index contributed by atoms with van der Waals surface area (Å²) in [6, 6.07) is 17.8. The van der Waals surface area contributed by atoms with Crippen LogP contribution in [-0.2, 0) is 0 Å². The number of rotatable bonds is 6. The van der Waals surface area contributed by atoms with Crippen LogP contribution in [0, 0.1) is 6.92 Å². The van der Waals surface area contributed by atoms with E-state index in [1.54, 1.807) is 0 Å². The Labute approximate surface area is 128 Å². The van der Waals surface area contributed by atoms with E-state index in [-0.39, 0.29) is 0 Å². The Bertz CT molecular complexity index is 560. The lowest BCUT2D eigenvalue weighted by atomic mass is 10.0. The summed E-state index contributed by atoms with van der Waals surface area (Å²) in [6.45, 7) is 7.50. The van der Waals surface area contributed by atoms with Crippen molar-refractivity contribution in [2.45, 2.75) is 33.2 Å².